The summed E-state index contributed by atoms with van der Waals surface area (Å²) in [5.41, 5.74) is 2.38. The Hall–Kier alpha value is -4.12. The number of aromatic amines is 1. The maximum absolute atomic E-state index is 13.9. The number of carbonyl (C=O) groups excluding carboxylic acids is 2. The SMILES string of the molecule is O=C1C2CCC(CN1Cc1ccc(F)cc1)N2C(=O)c1ccc2[nH]c(=O)c3nnc(C4CCOCC4)n3c2c1. The number of H-pyrrole nitrogens is 1. The Labute approximate surface area is 222 Å². The molecular formula is C28H27FN6O4. The second-order valence-electron chi connectivity index (χ2n) is 10.6. The molecule has 10 nitrogen and oxygen atoms in total. The van der Waals surface area contributed by atoms with E-state index in [-0.39, 0.29) is 40.8 Å². The number of amides is 2. The highest BCUT2D eigenvalue weighted by Crippen LogP contribution is 2.34. The standard InChI is InChI=1S/C28H27FN6O4/c29-19-4-1-16(2-5-19)14-33-15-20-6-8-22(28(33)38)34(20)27(37)18-3-7-21-23(13-18)35-24(17-9-11-39-12-10-17)31-32-25(35)26(36)30-21/h1-5,7,13,17,20,22H,6,8-12,14-15H2,(H,30,36). The summed E-state index contributed by atoms with van der Waals surface area (Å²) < 4.78 is 20.6. The van der Waals surface area contributed by atoms with Crippen molar-refractivity contribution in [3.8, 4) is 0 Å². The third kappa shape index (κ3) is 3.99. The van der Waals surface area contributed by atoms with Crippen LogP contribution in [-0.4, -0.2) is 73.0 Å². The van der Waals surface area contributed by atoms with E-state index in [4.69, 9.17) is 4.74 Å². The summed E-state index contributed by atoms with van der Waals surface area (Å²) in [5.74, 6) is 0.178. The lowest BCUT2D eigenvalue weighted by molar-refractivity contribution is -0.140. The van der Waals surface area contributed by atoms with Crippen LogP contribution in [0.1, 0.15) is 53.3 Å². The molecule has 3 aliphatic heterocycles. The number of benzene rings is 2. The molecule has 0 spiro atoms. The Balaban J connectivity index is 1.21. The molecule has 4 aromatic rings. The molecule has 2 atom stereocenters. The average Bonchev–Trinajstić information content (AvgIpc) is 3.55. The minimum Gasteiger partial charge on any atom is -0.381 e. The fourth-order valence-electron chi connectivity index (χ4n) is 6.30. The molecule has 2 aromatic carbocycles. The molecule has 7 rings (SSSR count). The number of ether oxygens (including phenoxy) is 1. The number of piperazine rings is 1. The highest BCUT2D eigenvalue weighted by Gasteiger charge is 2.47. The Morgan fingerprint density at radius 1 is 1.03 bits per heavy atom. The molecule has 5 heterocycles. The van der Waals surface area contributed by atoms with Crippen LogP contribution in [-0.2, 0) is 16.1 Å². The Morgan fingerprint density at radius 3 is 2.62 bits per heavy atom. The first-order chi connectivity index (χ1) is 19.0. The van der Waals surface area contributed by atoms with Gasteiger partial charge in [-0.1, -0.05) is 12.1 Å². The van der Waals surface area contributed by atoms with Gasteiger partial charge in [0.15, 0.2) is 0 Å². The quantitative estimate of drug-likeness (QED) is 0.434. The number of nitrogens with one attached hydrogen (secondary N) is 1. The second kappa shape index (κ2) is 9.26. The molecule has 3 fully saturated rings. The number of likely N-dealkylation sites (tertiary alicyclic amines) is 1. The average molecular weight is 531 g/mol. The summed E-state index contributed by atoms with van der Waals surface area (Å²) in [6, 6.07) is 10.7. The normalized spacial score (nSPS) is 21.8. The van der Waals surface area contributed by atoms with E-state index in [1.165, 1.54) is 12.1 Å². The van der Waals surface area contributed by atoms with Crippen molar-refractivity contribution >= 4 is 28.5 Å². The summed E-state index contributed by atoms with van der Waals surface area (Å²) in [6.45, 7) is 2.06. The van der Waals surface area contributed by atoms with Gasteiger partial charge in [-0.2, -0.15) is 0 Å². The molecule has 2 amide bonds. The van der Waals surface area contributed by atoms with E-state index in [0.717, 1.165) is 24.8 Å². The summed E-state index contributed by atoms with van der Waals surface area (Å²) >= 11 is 0. The van der Waals surface area contributed by atoms with E-state index in [2.05, 4.69) is 15.2 Å². The van der Waals surface area contributed by atoms with Crippen molar-refractivity contribution < 1.29 is 18.7 Å². The predicted octanol–water partition coefficient (Wildman–Crippen LogP) is 2.62. The molecule has 0 aliphatic carbocycles. The molecule has 0 saturated carbocycles. The molecular weight excluding hydrogens is 503 g/mol. The first kappa shape index (κ1) is 24.0. The third-order valence-corrected chi connectivity index (χ3v) is 8.26. The van der Waals surface area contributed by atoms with Gasteiger partial charge in [-0.15, -0.1) is 10.2 Å². The smallest absolute Gasteiger partial charge is 0.294 e. The van der Waals surface area contributed by atoms with Gasteiger partial charge in [-0.3, -0.25) is 18.8 Å². The highest BCUT2D eigenvalue weighted by molar-refractivity contribution is 6.01. The number of halogens is 1. The minimum absolute atomic E-state index is 0.0884. The number of aromatic nitrogens is 4. The van der Waals surface area contributed by atoms with Crippen LogP contribution in [0.25, 0.3) is 16.7 Å². The van der Waals surface area contributed by atoms with E-state index in [1.807, 2.05) is 0 Å². The zero-order valence-electron chi connectivity index (χ0n) is 21.2. The van der Waals surface area contributed by atoms with Crippen LogP contribution < -0.4 is 5.56 Å². The number of nitrogens with zero attached hydrogens (tertiary/aromatic N) is 5. The van der Waals surface area contributed by atoms with Gasteiger partial charge in [0.25, 0.3) is 11.5 Å². The fourth-order valence-corrected chi connectivity index (χ4v) is 6.30. The number of hydrogen-bond donors (Lipinski definition) is 1. The van der Waals surface area contributed by atoms with Crippen molar-refractivity contribution in [1.82, 2.24) is 29.4 Å². The summed E-state index contributed by atoms with van der Waals surface area (Å²) in [5, 5.41) is 8.52. The molecule has 3 aliphatic rings. The number of fused-ring (bicyclic) bond motifs is 5. The maximum atomic E-state index is 13.9. The van der Waals surface area contributed by atoms with Crippen LogP contribution in [0.15, 0.2) is 47.3 Å². The van der Waals surface area contributed by atoms with E-state index < -0.39 is 6.04 Å². The number of hydrogen-bond acceptors (Lipinski definition) is 6. The van der Waals surface area contributed by atoms with Gasteiger partial charge in [-0.25, -0.2) is 4.39 Å². The summed E-state index contributed by atoms with van der Waals surface area (Å²) in [7, 11) is 0. The Bertz CT molecular complexity index is 1660. The van der Waals surface area contributed by atoms with Crippen LogP contribution in [0.3, 0.4) is 0 Å². The van der Waals surface area contributed by atoms with E-state index in [0.29, 0.717) is 55.1 Å². The highest BCUT2D eigenvalue weighted by atomic mass is 19.1. The Morgan fingerprint density at radius 2 is 1.82 bits per heavy atom. The lowest BCUT2D eigenvalue weighted by Crippen LogP contribution is -2.58. The van der Waals surface area contributed by atoms with Gasteiger partial charge < -0.3 is 19.5 Å². The van der Waals surface area contributed by atoms with E-state index >= 15 is 0 Å². The molecule has 2 unspecified atom stereocenters. The topological polar surface area (TPSA) is 113 Å². The molecule has 0 radical (unpaired) electrons. The largest absolute Gasteiger partial charge is 0.381 e. The number of rotatable bonds is 4. The first-order valence-electron chi connectivity index (χ1n) is 13.3. The summed E-state index contributed by atoms with van der Waals surface area (Å²) in [4.78, 5) is 46.3. The maximum Gasteiger partial charge on any atom is 0.294 e. The second-order valence-corrected chi connectivity index (χ2v) is 10.6. The van der Waals surface area contributed by atoms with Gasteiger partial charge in [-0.05, 0) is 61.6 Å². The van der Waals surface area contributed by atoms with Gasteiger partial charge >= 0.3 is 0 Å². The van der Waals surface area contributed by atoms with Gasteiger partial charge in [0.2, 0.25) is 11.6 Å². The van der Waals surface area contributed by atoms with Crippen molar-refractivity contribution in [3.05, 3.63) is 75.6 Å². The molecule has 3 saturated heterocycles. The van der Waals surface area contributed by atoms with Crippen LogP contribution in [0.5, 0.6) is 0 Å². The van der Waals surface area contributed by atoms with Crippen LogP contribution in [0.2, 0.25) is 0 Å². The van der Waals surface area contributed by atoms with Crippen molar-refractivity contribution in [3.63, 3.8) is 0 Å². The molecule has 1 N–H and O–H groups in total. The van der Waals surface area contributed by atoms with Crippen molar-refractivity contribution in [2.45, 2.75) is 50.2 Å². The van der Waals surface area contributed by atoms with Gasteiger partial charge in [0.05, 0.1) is 17.1 Å². The van der Waals surface area contributed by atoms with Crippen molar-refractivity contribution in [2.75, 3.05) is 19.8 Å². The van der Waals surface area contributed by atoms with Crippen molar-refractivity contribution in [1.29, 1.82) is 0 Å². The zero-order valence-corrected chi connectivity index (χ0v) is 21.2. The van der Waals surface area contributed by atoms with Gasteiger partial charge in [0.1, 0.15) is 17.7 Å². The van der Waals surface area contributed by atoms with Crippen molar-refractivity contribution in [2.24, 2.45) is 0 Å². The van der Waals surface area contributed by atoms with Crippen LogP contribution in [0, 0.1) is 5.82 Å². The third-order valence-electron chi connectivity index (χ3n) is 8.26. The van der Waals surface area contributed by atoms with Gasteiger partial charge in [0, 0.05) is 37.8 Å². The Kier molecular flexibility index (Phi) is 5.69. The predicted molar refractivity (Wildman–Crippen MR) is 139 cm³/mol. The summed E-state index contributed by atoms with van der Waals surface area (Å²) in [6.07, 6.45) is 2.91. The van der Waals surface area contributed by atoms with Crippen LogP contribution >= 0.6 is 0 Å². The molecule has 2 aromatic heterocycles. The number of carbonyl (C=O) groups is 2. The zero-order chi connectivity index (χ0) is 26.7. The monoisotopic (exact) mass is 530 g/mol. The first-order valence-corrected chi connectivity index (χ1v) is 13.3. The van der Waals surface area contributed by atoms with Crippen LogP contribution in [0.4, 0.5) is 4.39 Å². The molecule has 39 heavy (non-hydrogen) atoms. The molecule has 2 bridgehead atoms. The molecule has 11 heteroatoms. The lowest BCUT2D eigenvalue weighted by atomic mass is 9.99. The fraction of sp³-hybridized carbons (Fsp3) is 0.393. The molecule has 200 valence electrons. The lowest BCUT2D eigenvalue weighted by Gasteiger charge is -2.40. The van der Waals surface area contributed by atoms with E-state index in [9.17, 15) is 18.8 Å². The minimum atomic E-state index is -0.532. The van der Waals surface area contributed by atoms with E-state index in [1.54, 1.807) is 44.5 Å².